The molecule has 0 aromatic carbocycles. The maximum atomic E-state index is 11.3. The third-order valence-electron chi connectivity index (χ3n) is 2.40. The average Bonchev–Trinajstić information content (AvgIpc) is 2.75. The fourth-order valence-electron chi connectivity index (χ4n) is 1.20. The van der Waals surface area contributed by atoms with Crippen LogP contribution < -0.4 is 5.32 Å². The third kappa shape index (κ3) is 2.47. The number of anilines is 1. The molecule has 15 heavy (non-hydrogen) atoms. The van der Waals surface area contributed by atoms with Crippen LogP contribution in [0.4, 0.5) is 5.13 Å². The van der Waals surface area contributed by atoms with Crippen molar-refractivity contribution in [2.24, 2.45) is 0 Å². The minimum Gasteiger partial charge on any atom is -0.461 e. The van der Waals surface area contributed by atoms with E-state index in [0.29, 0.717) is 12.3 Å². The zero-order valence-electron chi connectivity index (χ0n) is 8.87. The van der Waals surface area contributed by atoms with Gasteiger partial charge in [0, 0.05) is 10.9 Å². The van der Waals surface area contributed by atoms with Gasteiger partial charge in [-0.3, -0.25) is 0 Å². The van der Waals surface area contributed by atoms with E-state index >= 15 is 0 Å². The van der Waals surface area contributed by atoms with Crippen LogP contribution in [0.5, 0.6) is 0 Å². The van der Waals surface area contributed by atoms with Crippen LogP contribution in [0.3, 0.4) is 0 Å². The van der Waals surface area contributed by atoms with Crippen LogP contribution in [-0.2, 0) is 4.74 Å². The number of thiazole rings is 1. The van der Waals surface area contributed by atoms with Gasteiger partial charge in [0.05, 0.1) is 6.61 Å². The van der Waals surface area contributed by atoms with Gasteiger partial charge in [-0.25, -0.2) is 9.78 Å². The molecule has 1 aromatic heterocycles. The van der Waals surface area contributed by atoms with Crippen LogP contribution in [0.2, 0.25) is 0 Å². The van der Waals surface area contributed by atoms with Gasteiger partial charge in [0.15, 0.2) is 10.8 Å². The molecule has 0 unspecified atom stereocenters. The Balaban J connectivity index is 2.00. The van der Waals surface area contributed by atoms with E-state index in [4.69, 9.17) is 4.74 Å². The van der Waals surface area contributed by atoms with Gasteiger partial charge in [-0.2, -0.15) is 0 Å². The third-order valence-corrected chi connectivity index (χ3v) is 3.16. The number of carbonyl (C=O) groups excluding carboxylic acids is 1. The first-order valence-corrected chi connectivity index (χ1v) is 5.92. The lowest BCUT2D eigenvalue weighted by atomic mass is 10.3. The van der Waals surface area contributed by atoms with Crippen molar-refractivity contribution in [1.29, 1.82) is 0 Å². The number of nitrogens with zero attached hydrogens (tertiary/aromatic N) is 1. The van der Waals surface area contributed by atoms with E-state index in [9.17, 15) is 4.79 Å². The Kier molecular flexibility index (Phi) is 2.65. The summed E-state index contributed by atoms with van der Waals surface area (Å²) in [5.41, 5.74) is 0.595. The largest absolute Gasteiger partial charge is 0.461 e. The highest BCUT2D eigenvalue weighted by Crippen LogP contribution is 2.38. The lowest BCUT2D eigenvalue weighted by Crippen LogP contribution is -2.15. The molecule has 0 radical (unpaired) electrons. The van der Waals surface area contributed by atoms with Gasteiger partial charge in [0.25, 0.3) is 0 Å². The number of esters is 1. The number of hydrogen-bond acceptors (Lipinski definition) is 5. The minimum atomic E-state index is -0.345. The first-order chi connectivity index (χ1) is 7.13. The Labute approximate surface area is 92.7 Å². The van der Waals surface area contributed by atoms with Crippen molar-refractivity contribution in [3.63, 3.8) is 0 Å². The molecule has 1 aliphatic rings. The van der Waals surface area contributed by atoms with Crippen LogP contribution in [0.25, 0.3) is 0 Å². The minimum absolute atomic E-state index is 0.198. The number of rotatable bonds is 4. The van der Waals surface area contributed by atoms with E-state index in [-0.39, 0.29) is 11.5 Å². The van der Waals surface area contributed by atoms with Crippen molar-refractivity contribution in [2.75, 3.05) is 11.9 Å². The van der Waals surface area contributed by atoms with Crippen molar-refractivity contribution in [1.82, 2.24) is 4.98 Å². The van der Waals surface area contributed by atoms with Crippen LogP contribution in [0.1, 0.15) is 37.2 Å². The highest BCUT2D eigenvalue weighted by Gasteiger charge is 2.37. The molecular formula is C10H14N2O2S. The highest BCUT2D eigenvalue weighted by atomic mass is 32.1. The second kappa shape index (κ2) is 3.81. The van der Waals surface area contributed by atoms with Gasteiger partial charge in [0.1, 0.15) is 0 Å². The molecule has 82 valence electrons. The van der Waals surface area contributed by atoms with Crippen LogP contribution in [0.15, 0.2) is 5.38 Å². The van der Waals surface area contributed by atoms with Crippen LogP contribution in [-0.4, -0.2) is 23.1 Å². The van der Waals surface area contributed by atoms with Gasteiger partial charge in [-0.05, 0) is 26.7 Å². The molecule has 1 saturated carbocycles. The van der Waals surface area contributed by atoms with Crippen LogP contribution in [0, 0.1) is 0 Å². The molecule has 0 aliphatic heterocycles. The van der Waals surface area contributed by atoms with Gasteiger partial charge in [-0.15, -0.1) is 11.3 Å². The smallest absolute Gasteiger partial charge is 0.357 e. The summed E-state index contributed by atoms with van der Waals surface area (Å²) in [6.45, 7) is 4.32. The van der Waals surface area contributed by atoms with Crippen molar-refractivity contribution in [2.45, 2.75) is 32.2 Å². The van der Waals surface area contributed by atoms with Crippen molar-refractivity contribution >= 4 is 22.4 Å². The predicted octanol–water partition coefficient (Wildman–Crippen LogP) is 2.28. The molecule has 4 nitrogen and oxygen atoms in total. The van der Waals surface area contributed by atoms with Crippen molar-refractivity contribution in [3.8, 4) is 0 Å². The topological polar surface area (TPSA) is 51.2 Å². The summed E-state index contributed by atoms with van der Waals surface area (Å²) in [5, 5.41) is 5.84. The summed E-state index contributed by atoms with van der Waals surface area (Å²) in [6, 6.07) is 0. The van der Waals surface area contributed by atoms with E-state index in [0.717, 1.165) is 5.13 Å². The summed E-state index contributed by atoms with van der Waals surface area (Å²) in [6.07, 6.45) is 2.34. The van der Waals surface area contributed by atoms with Gasteiger partial charge in [0.2, 0.25) is 0 Å². The Morgan fingerprint density at radius 3 is 3.07 bits per heavy atom. The molecule has 2 rings (SSSR count). The highest BCUT2D eigenvalue weighted by molar-refractivity contribution is 7.13. The number of ether oxygens (including phenoxy) is 1. The SMILES string of the molecule is CCOC(=O)c1csc(NC2(C)CC2)n1. The van der Waals surface area contributed by atoms with E-state index in [1.165, 1.54) is 24.2 Å². The molecule has 0 saturated heterocycles. The summed E-state index contributed by atoms with van der Waals surface area (Å²) in [7, 11) is 0. The predicted molar refractivity (Wildman–Crippen MR) is 59.3 cm³/mol. The Morgan fingerprint density at radius 1 is 1.73 bits per heavy atom. The summed E-state index contributed by atoms with van der Waals surface area (Å²) < 4.78 is 4.86. The molecule has 0 atom stereocenters. The standard InChI is InChI=1S/C10H14N2O2S/c1-3-14-8(13)7-6-15-9(11-7)12-10(2)4-5-10/h6H,3-5H2,1-2H3,(H,11,12). The number of hydrogen-bond donors (Lipinski definition) is 1. The fraction of sp³-hybridized carbons (Fsp3) is 0.600. The van der Waals surface area contributed by atoms with Gasteiger partial charge >= 0.3 is 5.97 Å². The average molecular weight is 226 g/mol. The zero-order chi connectivity index (χ0) is 10.9. The van der Waals surface area contributed by atoms with Crippen molar-refractivity contribution < 1.29 is 9.53 Å². The van der Waals surface area contributed by atoms with Gasteiger partial charge < -0.3 is 10.1 Å². The van der Waals surface area contributed by atoms with E-state index < -0.39 is 0 Å². The number of carbonyl (C=O) groups is 1. The zero-order valence-corrected chi connectivity index (χ0v) is 9.69. The van der Waals surface area contributed by atoms with E-state index in [2.05, 4.69) is 17.2 Å². The first-order valence-electron chi connectivity index (χ1n) is 5.04. The van der Waals surface area contributed by atoms with Crippen LogP contribution >= 0.6 is 11.3 Å². The maximum Gasteiger partial charge on any atom is 0.357 e. The molecule has 1 N–H and O–H groups in total. The Morgan fingerprint density at radius 2 is 2.47 bits per heavy atom. The fourth-order valence-corrected chi connectivity index (χ4v) is 2.03. The Hall–Kier alpha value is -1.10. The lowest BCUT2D eigenvalue weighted by molar-refractivity contribution is 0.0520. The number of nitrogens with one attached hydrogen (secondary N) is 1. The molecule has 1 heterocycles. The summed E-state index contributed by atoms with van der Waals surface area (Å²) in [4.78, 5) is 15.5. The lowest BCUT2D eigenvalue weighted by Gasteiger charge is -2.08. The molecular weight excluding hydrogens is 212 g/mol. The first kappa shape index (κ1) is 10.4. The normalized spacial score (nSPS) is 17.2. The summed E-state index contributed by atoms with van der Waals surface area (Å²) in [5.74, 6) is -0.345. The molecule has 0 bridgehead atoms. The second-order valence-electron chi connectivity index (χ2n) is 3.94. The Bertz CT molecular complexity index is 371. The van der Waals surface area contributed by atoms with Gasteiger partial charge in [-0.1, -0.05) is 0 Å². The van der Waals surface area contributed by atoms with E-state index in [1.54, 1.807) is 12.3 Å². The molecule has 1 aliphatic carbocycles. The molecule has 0 amide bonds. The summed E-state index contributed by atoms with van der Waals surface area (Å²) >= 11 is 1.45. The molecule has 1 fully saturated rings. The molecule has 0 spiro atoms. The number of aromatic nitrogens is 1. The second-order valence-corrected chi connectivity index (χ2v) is 4.80. The maximum absolute atomic E-state index is 11.3. The van der Waals surface area contributed by atoms with Crippen molar-refractivity contribution in [3.05, 3.63) is 11.1 Å². The van der Waals surface area contributed by atoms with E-state index in [1.807, 2.05) is 0 Å². The monoisotopic (exact) mass is 226 g/mol. The molecule has 1 aromatic rings. The quantitative estimate of drug-likeness (QED) is 0.800. The molecule has 5 heteroatoms.